The Hall–Kier alpha value is -2.91. The van der Waals surface area contributed by atoms with E-state index in [0.29, 0.717) is 18.4 Å². The van der Waals surface area contributed by atoms with E-state index < -0.39 is 37.2 Å². The number of nitrogens with zero attached hydrogens (tertiary/aromatic N) is 2. The lowest BCUT2D eigenvalue weighted by Gasteiger charge is -2.27. The minimum atomic E-state index is -4.87. The van der Waals surface area contributed by atoms with Crippen LogP contribution in [0, 0.1) is 6.57 Å². The van der Waals surface area contributed by atoms with Crippen LogP contribution in [0.2, 0.25) is 6.82 Å². The molecule has 32 heavy (non-hydrogen) atoms. The van der Waals surface area contributed by atoms with E-state index in [1.54, 1.807) is 31.1 Å². The maximum Gasteiger partial charge on any atom is 0.407 e. The van der Waals surface area contributed by atoms with Crippen molar-refractivity contribution in [1.82, 2.24) is 5.23 Å². The molecule has 0 amide bonds. The van der Waals surface area contributed by atoms with Gasteiger partial charge < -0.3 is 19.9 Å². The Kier molecular flexibility index (Phi) is 8.41. The third-order valence-electron chi connectivity index (χ3n) is 4.30. The molecule has 0 heterocycles. The normalized spacial score (nSPS) is 11.7. The molecule has 0 radical (unpaired) electrons. The number of nitrogens with one attached hydrogen (secondary N) is 1. The monoisotopic (exact) mass is 459 g/mol. The van der Waals surface area contributed by atoms with Gasteiger partial charge in [0, 0.05) is 12.2 Å². The number of anilines is 1. The van der Waals surface area contributed by atoms with Crippen molar-refractivity contribution in [2.24, 2.45) is 0 Å². The zero-order chi connectivity index (χ0) is 23.9. The van der Waals surface area contributed by atoms with Crippen molar-refractivity contribution in [3.05, 3.63) is 65.0 Å². The summed E-state index contributed by atoms with van der Waals surface area (Å²) in [5, 5.41) is 12.0. The lowest BCUT2D eigenvalue weighted by atomic mass is 9.88. The Morgan fingerprint density at radius 3 is 2.28 bits per heavy atom. The molecule has 2 N–H and O–H groups in total. The fourth-order valence-corrected chi connectivity index (χ4v) is 2.80. The summed E-state index contributed by atoms with van der Waals surface area (Å²) in [6.07, 6.45) is -9.53. The molecule has 0 saturated heterocycles. The summed E-state index contributed by atoms with van der Waals surface area (Å²) in [6, 6.07) is 9.06. The number of benzene rings is 2. The van der Waals surface area contributed by atoms with Crippen molar-refractivity contribution in [2.75, 3.05) is 24.6 Å². The van der Waals surface area contributed by atoms with Crippen LogP contribution in [0.25, 0.3) is 4.85 Å². The highest BCUT2D eigenvalue weighted by Crippen LogP contribution is 2.39. The van der Waals surface area contributed by atoms with E-state index in [9.17, 15) is 31.4 Å². The van der Waals surface area contributed by atoms with Crippen LogP contribution in [-0.2, 0) is 12.7 Å². The number of hydrogen-bond donors (Lipinski definition) is 2. The third kappa shape index (κ3) is 7.98. The Bertz CT molecular complexity index is 927. The van der Waals surface area contributed by atoms with Crippen LogP contribution in [0.15, 0.2) is 42.5 Å². The Morgan fingerprint density at radius 2 is 1.75 bits per heavy atom. The van der Waals surface area contributed by atoms with Gasteiger partial charge in [0.2, 0.25) is 0 Å². The molecule has 0 fully saturated rings. The fourth-order valence-electron chi connectivity index (χ4n) is 2.80. The second kappa shape index (κ2) is 10.6. The predicted molar refractivity (Wildman–Crippen MR) is 109 cm³/mol. The first-order chi connectivity index (χ1) is 14.9. The summed E-state index contributed by atoms with van der Waals surface area (Å²) in [5.74, 6) is 0.372. The van der Waals surface area contributed by atoms with Crippen LogP contribution in [0.4, 0.5) is 37.7 Å². The second-order valence-corrected chi connectivity index (χ2v) is 6.90. The van der Waals surface area contributed by atoms with Gasteiger partial charge in [0.05, 0.1) is 18.7 Å². The number of ether oxygens (including phenoxy) is 1. The van der Waals surface area contributed by atoms with Crippen LogP contribution in [-0.4, -0.2) is 37.9 Å². The van der Waals surface area contributed by atoms with Crippen molar-refractivity contribution < 1.29 is 36.1 Å². The maximum atomic E-state index is 13.2. The molecule has 0 spiro atoms. The highest BCUT2D eigenvalue weighted by molar-refractivity contribution is 6.45. The van der Waals surface area contributed by atoms with Crippen LogP contribution in [0.1, 0.15) is 11.1 Å². The quantitative estimate of drug-likeness (QED) is 0.318. The van der Waals surface area contributed by atoms with Gasteiger partial charge in [-0.2, -0.15) is 26.3 Å². The first-order valence-electron chi connectivity index (χ1n) is 9.42. The van der Waals surface area contributed by atoms with Crippen LogP contribution >= 0.6 is 0 Å². The average molecular weight is 459 g/mol. The molecule has 12 heteroatoms. The molecule has 0 bridgehead atoms. The molecule has 2 aromatic rings. The van der Waals surface area contributed by atoms with E-state index in [1.165, 1.54) is 0 Å². The molecular formula is C20H20BF6N3O2. The summed E-state index contributed by atoms with van der Waals surface area (Å²) >= 11 is 0. The largest absolute Gasteiger partial charge is 0.492 e. The molecule has 0 aliphatic heterocycles. The van der Waals surface area contributed by atoms with Crippen molar-refractivity contribution >= 4 is 18.4 Å². The summed E-state index contributed by atoms with van der Waals surface area (Å²) < 4.78 is 84.1. The summed E-state index contributed by atoms with van der Waals surface area (Å²) in [5.41, 5.74) is -1.45. The van der Waals surface area contributed by atoms with Gasteiger partial charge >= 0.3 is 19.4 Å². The number of rotatable bonds is 9. The summed E-state index contributed by atoms with van der Waals surface area (Å²) in [4.78, 5) is 3.52. The summed E-state index contributed by atoms with van der Waals surface area (Å²) in [6.45, 7) is 6.79. The smallest absolute Gasteiger partial charge is 0.407 e. The SMILES string of the molecule is [C-]#[N+]c1ccc(N(CCOc2ccc(CNB(C)O)cc2)CC(F)(F)F)cc1C(F)(F)F. The first kappa shape index (κ1) is 25.4. The van der Waals surface area contributed by atoms with Crippen molar-refractivity contribution in [2.45, 2.75) is 25.7 Å². The molecule has 0 aromatic heterocycles. The highest BCUT2D eigenvalue weighted by atomic mass is 19.4. The average Bonchev–Trinajstić information content (AvgIpc) is 2.70. The fraction of sp³-hybridized carbons (Fsp3) is 0.350. The Morgan fingerprint density at radius 1 is 1.09 bits per heavy atom. The van der Waals surface area contributed by atoms with Gasteiger partial charge in [-0.1, -0.05) is 18.2 Å². The number of halogens is 6. The molecule has 0 aliphatic rings. The van der Waals surface area contributed by atoms with Gasteiger partial charge in [-0.25, -0.2) is 4.85 Å². The molecular weight excluding hydrogens is 439 g/mol. The molecule has 0 aliphatic carbocycles. The number of hydrogen-bond acceptors (Lipinski definition) is 4. The van der Waals surface area contributed by atoms with Gasteiger partial charge in [-0.15, -0.1) is 0 Å². The Labute approximate surface area is 181 Å². The van der Waals surface area contributed by atoms with Crippen LogP contribution in [0.5, 0.6) is 5.75 Å². The van der Waals surface area contributed by atoms with Crippen molar-refractivity contribution in [1.29, 1.82) is 0 Å². The predicted octanol–water partition coefficient (Wildman–Crippen LogP) is 4.90. The lowest BCUT2D eigenvalue weighted by Crippen LogP contribution is -2.37. The molecule has 172 valence electrons. The molecule has 2 rings (SSSR count). The van der Waals surface area contributed by atoms with Gasteiger partial charge in [0.25, 0.3) is 0 Å². The highest BCUT2D eigenvalue weighted by Gasteiger charge is 2.35. The second-order valence-electron chi connectivity index (χ2n) is 6.90. The van der Waals surface area contributed by atoms with E-state index in [4.69, 9.17) is 11.3 Å². The van der Waals surface area contributed by atoms with Crippen LogP contribution < -0.4 is 14.9 Å². The minimum Gasteiger partial charge on any atom is -0.492 e. The molecule has 0 unspecified atom stereocenters. The zero-order valence-corrected chi connectivity index (χ0v) is 17.0. The van der Waals surface area contributed by atoms with E-state index in [2.05, 4.69) is 10.1 Å². The van der Waals surface area contributed by atoms with Crippen LogP contribution in [0.3, 0.4) is 0 Å². The molecule has 0 atom stereocenters. The molecule has 2 aromatic carbocycles. The van der Waals surface area contributed by atoms with Gasteiger partial charge in [0.15, 0.2) is 5.69 Å². The topological polar surface area (TPSA) is 49.1 Å². The molecule has 0 saturated carbocycles. The first-order valence-corrected chi connectivity index (χ1v) is 9.42. The minimum absolute atomic E-state index is 0.215. The van der Waals surface area contributed by atoms with E-state index in [1.807, 2.05) is 0 Å². The maximum absolute atomic E-state index is 13.2. The van der Waals surface area contributed by atoms with E-state index in [0.717, 1.165) is 22.6 Å². The van der Waals surface area contributed by atoms with Gasteiger partial charge in [-0.3, -0.25) is 0 Å². The standard InChI is InChI=1S/C20H20BF6N3O2/c1-21(31)29-12-14-3-6-16(7-4-14)32-10-9-30(13-19(22,23)24)15-5-8-18(28-2)17(11-15)20(25,26)27/h3-8,11,29,31H,9-10,12-13H2,1H3. The van der Waals surface area contributed by atoms with Crippen molar-refractivity contribution in [3.63, 3.8) is 0 Å². The van der Waals surface area contributed by atoms with Gasteiger partial charge in [-0.05, 0) is 36.7 Å². The summed E-state index contributed by atoms with van der Waals surface area (Å²) in [7, 11) is -0.688. The Balaban J connectivity index is 2.11. The van der Waals surface area contributed by atoms with Gasteiger partial charge in [0.1, 0.15) is 18.9 Å². The lowest BCUT2D eigenvalue weighted by molar-refractivity contribution is -0.136. The van der Waals surface area contributed by atoms with E-state index in [-0.39, 0.29) is 18.8 Å². The molecule has 5 nitrogen and oxygen atoms in total. The third-order valence-corrected chi connectivity index (χ3v) is 4.30. The zero-order valence-electron chi connectivity index (χ0n) is 17.0. The van der Waals surface area contributed by atoms with Crippen molar-refractivity contribution in [3.8, 4) is 5.75 Å². The van der Waals surface area contributed by atoms with E-state index >= 15 is 0 Å². The number of alkyl halides is 6.